The van der Waals surface area contributed by atoms with E-state index in [4.69, 9.17) is 4.74 Å². The lowest BCUT2D eigenvalue weighted by molar-refractivity contribution is -0.127. The molecule has 0 spiro atoms. The van der Waals surface area contributed by atoms with Crippen molar-refractivity contribution in [3.8, 4) is 5.75 Å². The van der Waals surface area contributed by atoms with E-state index in [2.05, 4.69) is 5.32 Å². The molecular weight excluding hydrogens is 218 g/mol. The van der Waals surface area contributed by atoms with Crippen LogP contribution in [0.3, 0.4) is 0 Å². The normalized spacial score (nSPS) is 16.1. The Bertz CT molecular complexity index is 426. The van der Waals surface area contributed by atoms with Gasteiger partial charge in [0.05, 0.1) is 5.56 Å². The van der Waals surface area contributed by atoms with Gasteiger partial charge in [-0.1, -0.05) is 12.1 Å². The molecule has 1 aromatic rings. The maximum absolute atomic E-state index is 11.7. The largest absolute Gasteiger partial charge is 0.480 e. The molecule has 1 amide bonds. The Balaban J connectivity index is 1.98. The summed E-state index contributed by atoms with van der Waals surface area (Å²) in [4.78, 5) is 22.5. The highest BCUT2D eigenvalue weighted by molar-refractivity contribution is 5.82. The Morgan fingerprint density at radius 2 is 2.18 bits per heavy atom. The van der Waals surface area contributed by atoms with Gasteiger partial charge >= 0.3 is 0 Å². The van der Waals surface area contributed by atoms with Crippen LogP contribution in [0.25, 0.3) is 0 Å². The molecular formula is C13H15NO3. The first-order valence-electron chi connectivity index (χ1n) is 5.72. The number of nitrogens with one attached hydrogen (secondary N) is 1. The molecule has 1 aliphatic rings. The van der Waals surface area contributed by atoms with Crippen LogP contribution in [0.2, 0.25) is 0 Å². The first-order chi connectivity index (χ1) is 8.20. The average Bonchev–Trinajstić information content (AvgIpc) is 3.13. The van der Waals surface area contributed by atoms with Crippen LogP contribution >= 0.6 is 0 Å². The lowest BCUT2D eigenvalue weighted by Crippen LogP contribution is -2.37. The Hall–Kier alpha value is -1.84. The summed E-state index contributed by atoms with van der Waals surface area (Å²) in [6.07, 6.45) is 2.23. The number of para-hydroxylation sites is 1. The Labute approximate surface area is 100.0 Å². The quantitative estimate of drug-likeness (QED) is 0.785. The summed E-state index contributed by atoms with van der Waals surface area (Å²) in [6, 6.07) is 7.19. The van der Waals surface area contributed by atoms with Crippen molar-refractivity contribution in [3.05, 3.63) is 29.8 Å². The van der Waals surface area contributed by atoms with Gasteiger partial charge in [-0.25, -0.2) is 0 Å². The van der Waals surface area contributed by atoms with Crippen LogP contribution in [0.1, 0.15) is 30.1 Å². The van der Waals surface area contributed by atoms with Crippen LogP contribution in [0.15, 0.2) is 24.3 Å². The van der Waals surface area contributed by atoms with E-state index in [9.17, 15) is 9.59 Å². The molecule has 17 heavy (non-hydrogen) atoms. The molecule has 0 radical (unpaired) electrons. The van der Waals surface area contributed by atoms with E-state index in [0.29, 0.717) is 17.4 Å². The lowest BCUT2D eigenvalue weighted by atomic mass is 10.2. The van der Waals surface area contributed by atoms with Gasteiger partial charge in [-0.3, -0.25) is 9.59 Å². The molecule has 0 heterocycles. The molecule has 4 heteroatoms. The number of carbonyl (C=O) groups is 2. The zero-order chi connectivity index (χ0) is 12.3. The maximum atomic E-state index is 11.7. The number of hydrogen-bond acceptors (Lipinski definition) is 3. The van der Waals surface area contributed by atoms with Gasteiger partial charge < -0.3 is 10.1 Å². The number of hydrogen-bond donors (Lipinski definition) is 1. The van der Waals surface area contributed by atoms with Crippen LogP contribution in [0.5, 0.6) is 5.75 Å². The predicted molar refractivity (Wildman–Crippen MR) is 63.1 cm³/mol. The summed E-state index contributed by atoms with van der Waals surface area (Å²) >= 11 is 0. The van der Waals surface area contributed by atoms with Crippen molar-refractivity contribution in [1.82, 2.24) is 5.32 Å². The summed E-state index contributed by atoms with van der Waals surface area (Å²) in [5.41, 5.74) is 0.457. The Morgan fingerprint density at radius 3 is 2.82 bits per heavy atom. The molecule has 1 atom stereocenters. The van der Waals surface area contributed by atoms with Gasteiger partial charge in [0.2, 0.25) is 0 Å². The molecule has 0 saturated heterocycles. The first kappa shape index (κ1) is 11.6. The lowest BCUT2D eigenvalue weighted by Gasteiger charge is -2.15. The van der Waals surface area contributed by atoms with E-state index in [-0.39, 0.29) is 5.91 Å². The molecule has 1 fully saturated rings. The van der Waals surface area contributed by atoms with Gasteiger partial charge in [0.15, 0.2) is 12.4 Å². The van der Waals surface area contributed by atoms with E-state index in [1.807, 2.05) is 0 Å². The number of rotatable bonds is 5. The van der Waals surface area contributed by atoms with Gasteiger partial charge in [0.1, 0.15) is 5.75 Å². The number of amides is 1. The summed E-state index contributed by atoms with van der Waals surface area (Å²) in [5.74, 6) is 0.314. The van der Waals surface area contributed by atoms with E-state index in [0.717, 1.165) is 19.1 Å². The Morgan fingerprint density at radius 1 is 1.47 bits per heavy atom. The van der Waals surface area contributed by atoms with Gasteiger partial charge in [-0.05, 0) is 31.9 Å². The van der Waals surface area contributed by atoms with Gasteiger partial charge in [0.25, 0.3) is 5.91 Å². The second kappa shape index (κ2) is 4.99. The molecule has 0 bridgehead atoms. The van der Waals surface area contributed by atoms with Crippen LogP contribution in [0.4, 0.5) is 0 Å². The van der Waals surface area contributed by atoms with Crippen molar-refractivity contribution in [3.63, 3.8) is 0 Å². The number of aldehydes is 1. The molecule has 0 aliphatic heterocycles. The summed E-state index contributed by atoms with van der Waals surface area (Å²) in [6.45, 7) is 1.68. The third kappa shape index (κ3) is 3.06. The fraction of sp³-hybridized carbons (Fsp3) is 0.385. The molecule has 0 aromatic heterocycles. The second-order valence-corrected chi connectivity index (χ2v) is 4.20. The molecule has 1 N–H and O–H groups in total. The van der Waals surface area contributed by atoms with Crippen LogP contribution in [-0.4, -0.2) is 24.3 Å². The van der Waals surface area contributed by atoms with Crippen molar-refractivity contribution < 1.29 is 14.3 Å². The van der Waals surface area contributed by atoms with Crippen molar-refractivity contribution in [2.45, 2.75) is 31.9 Å². The molecule has 2 rings (SSSR count). The van der Waals surface area contributed by atoms with Crippen molar-refractivity contribution in [1.29, 1.82) is 0 Å². The summed E-state index contributed by atoms with van der Waals surface area (Å²) in [7, 11) is 0. The minimum Gasteiger partial charge on any atom is -0.480 e. The zero-order valence-corrected chi connectivity index (χ0v) is 9.68. The van der Waals surface area contributed by atoms with Gasteiger partial charge in [-0.15, -0.1) is 0 Å². The molecule has 1 aliphatic carbocycles. The molecule has 1 unspecified atom stereocenters. The highest BCUT2D eigenvalue weighted by atomic mass is 16.5. The standard InChI is InChI=1S/C13H15NO3/c1-9(13(16)14-11-6-7-11)17-12-5-3-2-4-10(12)8-15/h2-5,8-9,11H,6-7H2,1H3,(H,14,16). The van der Waals surface area contributed by atoms with E-state index < -0.39 is 6.10 Å². The highest BCUT2D eigenvalue weighted by Gasteiger charge is 2.26. The average molecular weight is 233 g/mol. The highest BCUT2D eigenvalue weighted by Crippen LogP contribution is 2.20. The minimum atomic E-state index is -0.586. The van der Waals surface area contributed by atoms with E-state index >= 15 is 0 Å². The van der Waals surface area contributed by atoms with Crippen LogP contribution in [0, 0.1) is 0 Å². The fourth-order valence-corrected chi connectivity index (χ4v) is 1.48. The summed E-state index contributed by atoms with van der Waals surface area (Å²) < 4.78 is 5.48. The monoisotopic (exact) mass is 233 g/mol. The second-order valence-electron chi connectivity index (χ2n) is 4.20. The van der Waals surface area contributed by atoms with Crippen molar-refractivity contribution in [2.75, 3.05) is 0 Å². The van der Waals surface area contributed by atoms with Crippen LogP contribution in [-0.2, 0) is 4.79 Å². The molecule has 90 valence electrons. The predicted octanol–water partition coefficient (Wildman–Crippen LogP) is 1.54. The van der Waals surface area contributed by atoms with Crippen molar-refractivity contribution >= 4 is 12.2 Å². The summed E-state index contributed by atoms with van der Waals surface area (Å²) in [5, 5.41) is 2.86. The Kier molecular flexibility index (Phi) is 3.42. The third-order valence-corrected chi connectivity index (χ3v) is 2.64. The zero-order valence-electron chi connectivity index (χ0n) is 9.68. The third-order valence-electron chi connectivity index (χ3n) is 2.64. The van der Waals surface area contributed by atoms with Crippen molar-refractivity contribution in [2.24, 2.45) is 0 Å². The van der Waals surface area contributed by atoms with Gasteiger partial charge in [-0.2, -0.15) is 0 Å². The SMILES string of the molecule is CC(Oc1ccccc1C=O)C(=O)NC1CC1. The van der Waals surface area contributed by atoms with E-state index in [1.165, 1.54) is 0 Å². The first-order valence-corrected chi connectivity index (χ1v) is 5.72. The van der Waals surface area contributed by atoms with E-state index in [1.54, 1.807) is 31.2 Å². The number of benzene rings is 1. The molecule has 1 saturated carbocycles. The van der Waals surface area contributed by atoms with Gasteiger partial charge in [0, 0.05) is 6.04 Å². The maximum Gasteiger partial charge on any atom is 0.260 e. The fourth-order valence-electron chi connectivity index (χ4n) is 1.48. The number of ether oxygens (including phenoxy) is 1. The van der Waals surface area contributed by atoms with Crippen LogP contribution < -0.4 is 10.1 Å². The number of carbonyl (C=O) groups excluding carboxylic acids is 2. The molecule has 4 nitrogen and oxygen atoms in total. The molecule has 1 aromatic carbocycles. The smallest absolute Gasteiger partial charge is 0.260 e. The minimum absolute atomic E-state index is 0.131. The topological polar surface area (TPSA) is 55.4 Å².